The number of unbranched alkanes of at least 4 members (excludes halogenated alkanes) is 1. The Morgan fingerprint density at radius 3 is 2.94 bits per heavy atom. The third-order valence-corrected chi connectivity index (χ3v) is 2.51. The highest BCUT2D eigenvalue weighted by Gasteiger charge is 2.28. The smallest absolute Gasteiger partial charge is 0.350 e. The number of benzene rings is 1. The number of para-hydroxylation sites is 2. The van der Waals surface area contributed by atoms with Gasteiger partial charge >= 0.3 is 5.97 Å². The molecule has 1 aliphatic rings. The predicted octanol–water partition coefficient (Wildman–Crippen LogP) is 2.17. The summed E-state index contributed by atoms with van der Waals surface area (Å²) in [6.45, 7) is 2.70. The van der Waals surface area contributed by atoms with E-state index in [1.165, 1.54) is 0 Å². The van der Waals surface area contributed by atoms with Crippen molar-refractivity contribution in [2.75, 3.05) is 13.2 Å². The Bertz CT molecular complexity index is 389. The SMILES string of the molecule is CCCCOC(=O)C1COc2ccccc2O1. The minimum atomic E-state index is -0.651. The maximum atomic E-state index is 11.7. The van der Waals surface area contributed by atoms with Gasteiger partial charge in [0.2, 0.25) is 6.10 Å². The number of carbonyl (C=O) groups excluding carboxylic acids is 1. The van der Waals surface area contributed by atoms with Gasteiger partial charge in [0.15, 0.2) is 11.5 Å². The first-order valence-corrected chi connectivity index (χ1v) is 5.86. The second-order valence-corrected chi connectivity index (χ2v) is 3.89. The Morgan fingerprint density at radius 1 is 1.41 bits per heavy atom. The third-order valence-electron chi connectivity index (χ3n) is 2.51. The summed E-state index contributed by atoms with van der Waals surface area (Å²) in [5, 5.41) is 0. The van der Waals surface area contributed by atoms with Gasteiger partial charge in [-0.05, 0) is 18.6 Å². The molecule has 17 heavy (non-hydrogen) atoms. The first-order valence-electron chi connectivity index (χ1n) is 5.86. The maximum absolute atomic E-state index is 11.7. The van der Waals surface area contributed by atoms with Gasteiger partial charge in [0.1, 0.15) is 6.61 Å². The standard InChI is InChI=1S/C13H16O4/c1-2-3-8-15-13(14)12-9-16-10-6-4-5-7-11(10)17-12/h4-7,12H,2-3,8-9H2,1H3. The zero-order valence-corrected chi connectivity index (χ0v) is 9.85. The fraction of sp³-hybridized carbons (Fsp3) is 0.462. The number of rotatable bonds is 4. The molecule has 1 atom stereocenters. The summed E-state index contributed by atoms with van der Waals surface area (Å²) in [5.74, 6) is 0.911. The van der Waals surface area contributed by atoms with E-state index in [2.05, 4.69) is 0 Å². The molecule has 4 heteroatoms. The summed E-state index contributed by atoms with van der Waals surface area (Å²) in [6.07, 6.45) is 1.22. The number of ether oxygens (including phenoxy) is 3. The van der Waals surface area contributed by atoms with Gasteiger partial charge in [0.25, 0.3) is 0 Å². The normalized spacial score (nSPS) is 17.6. The first kappa shape index (κ1) is 11.8. The molecule has 1 unspecified atom stereocenters. The molecule has 4 nitrogen and oxygen atoms in total. The van der Waals surface area contributed by atoms with Crippen LogP contribution in [-0.2, 0) is 9.53 Å². The van der Waals surface area contributed by atoms with Gasteiger partial charge in [-0.2, -0.15) is 0 Å². The van der Waals surface area contributed by atoms with Crippen LogP contribution in [0.2, 0.25) is 0 Å². The van der Waals surface area contributed by atoms with Crippen molar-refractivity contribution < 1.29 is 19.0 Å². The predicted molar refractivity (Wildman–Crippen MR) is 62.2 cm³/mol. The van der Waals surface area contributed by atoms with Crippen LogP contribution >= 0.6 is 0 Å². The van der Waals surface area contributed by atoms with Gasteiger partial charge < -0.3 is 14.2 Å². The van der Waals surface area contributed by atoms with Gasteiger partial charge in [-0.1, -0.05) is 25.5 Å². The van der Waals surface area contributed by atoms with Gasteiger partial charge in [0, 0.05) is 0 Å². The van der Waals surface area contributed by atoms with Gasteiger partial charge in [0.05, 0.1) is 6.61 Å². The molecule has 0 saturated heterocycles. The van der Waals surface area contributed by atoms with E-state index in [9.17, 15) is 4.79 Å². The molecular weight excluding hydrogens is 220 g/mol. The molecule has 1 heterocycles. The highest BCUT2D eigenvalue weighted by Crippen LogP contribution is 2.31. The van der Waals surface area contributed by atoms with Crippen LogP contribution in [0.1, 0.15) is 19.8 Å². The average molecular weight is 236 g/mol. The molecule has 0 N–H and O–H groups in total. The minimum absolute atomic E-state index is 0.210. The van der Waals surface area contributed by atoms with E-state index >= 15 is 0 Å². The third kappa shape index (κ3) is 2.90. The Morgan fingerprint density at radius 2 is 2.18 bits per heavy atom. The highest BCUT2D eigenvalue weighted by molar-refractivity contribution is 5.75. The summed E-state index contributed by atoms with van der Waals surface area (Å²) in [5.41, 5.74) is 0. The Labute approximate surface area is 100 Å². The van der Waals surface area contributed by atoms with Crippen LogP contribution in [0.15, 0.2) is 24.3 Å². The molecule has 0 radical (unpaired) electrons. The number of esters is 1. The van der Waals surface area contributed by atoms with E-state index < -0.39 is 6.10 Å². The topological polar surface area (TPSA) is 44.8 Å². The number of hydrogen-bond acceptors (Lipinski definition) is 4. The molecule has 0 amide bonds. The quantitative estimate of drug-likeness (QED) is 0.593. The second-order valence-electron chi connectivity index (χ2n) is 3.89. The van der Waals surface area contributed by atoms with E-state index in [1.807, 2.05) is 25.1 Å². The molecule has 1 aliphatic heterocycles. The highest BCUT2D eigenvalue weighted by atomic mass is 16.6. The summed E-state index contributed by atoms with van der Waals surface area (Å²) < 4.78 is 16.1. The molecule has 1 aromatic rings. The van der Waals surface area contributed by atoms with Crippen LogP contribution < -0.4 is 9.47 Å². The lowest BCUT2D eigenvalue weighted by molar-refractivity contribution is -0.154. The van der Waals surface area contributed by atoms with Crippen molar-refractivity contribution in [1.82, 2.24) is 0 Å². The zero-order valence-electron chi connectivity index (χ0n) is 9.85. The van der Waals surface area contributed by atoms with Crippen LogP contribution in [0.25, 0.3) is 0 Å². The zero-order chi connectivity index (χ0) is 12.1. The second kappa shape index (κ2) is 5.57. The number of carbonyl (C=O) groups is 1. The van der Waals surface area contributed by atoms with E-state index in [4.69, 9.17) is 14.2 Å². The lowest BCUT2D eigenvalue weighted by atomic mass is 10.2. The lowest BCUT2D eigenvalue weighted by Gasteiger charge is -2.24. The molecule has 0 aliphatic carbocycles. The van der Waals surface area contributed by atoms with Crippen molar-refractivity contribution in [3.05, 3.63) is 24.3 Å². The van der Waals surface area contributed by atoms with Gasteiger partial charge in [-0.25, -0.2) is 4.79 Å². The molecule has 0 aromatic heterocycles. The molecule has 2 rings (SSSR count). The van der Waals surface area contributed by atoms with E-state index in [0.29, 0.717) is 18.1 Å². The lowest BCUT2D eigenvalue weighted by Crippen LogP contribution is -2.37. The maximum Gasteiger partial charge on any atom is 0.350 e. The van der Waals surface area contributed by atoms with Crippen molar-refractivity contribution in [2.24, 2.45) is 0 Å². The summed E-state index contributed by atoms with van der Waals surface area (Å²) in [7, 11) is 0. The molecular formula is C13H16O4. The first-order chi connectivity index (χ1) is 8.31. The van der Waals surface area contributed by atoms with Gasteiger partial charge in [-0.15, -0.1) is 0 Å². The van der Waals surface area contributed by atoms with E-state index in [1.54, 1.807) is 6.07 Å². The largest absolute Gasteiger partial charge is 0.485 e. The number of fused-ring (bicyclic) bond motifs is 1. The van der Waals surface area contributed by atoms with Crippen molar-refractivity contribution in [3.8, 4) is 11.5 Å². The molecule has 0 fully saturated rings. The molecule has 1 aromatic carbocycles. The summed E-state index contributed by atoms with van der Waals surface area (Å²) in [6, 6.07) is 7.30. The fourth-order valence-electron chi connectivity index (χ4n) is 1.55. The Kier molecular flexibility index (Phi) is 3.85. The van der Waals surface area contributed by atoms with E-state index in [-0.39, 0.29) is 12.6 Å². The molecule has 0 spiro atoms. The van der Waals surface area contributed by atoms with E-state index in [0.717, 1.165) is 12.8 Å². The van der Waals surface area contributed by atoms with Crippen molar-refractivity contribution in [2.45, 2.75) is 25.9 Å². The van der Waals surface area contributed by atoms with Crippen molar-refractivity contribution in [1.29, 1.82) is 0 Å². The molecule has 0 bridgehead atoms. The van der Waals surface area contributed by atoms with Crippen LogP contribution in [0.4, 0.5) is 0 Å². The minimum Gasteiger partial charge on any atom is -0.485 e. The van der Waals surface area contributed by atoms with Crippen LogP contribution in [0.5, 0.6) is 11.5 Å². The number of hydrogen-bond donors (Lipinski definition) is 0. The summed E-state index contributed by atoms with van der Waals surface area (Å²) >= 11 is 0. The monoisotopic (exact) mass is 236 g/mol. The summed E-state index contributed by atoms with van der Waals surface area (Å²) in [4.78, 5) is 11.7. The Balaban J connectivity index is 1.91. The Hall–Kier alpha value is -1.71. The van der Waals surface area contributed by atoms with Crippen LogP contribution in [0.3, 0.4) is 0 Å². The molecule has 0 saturated carbocycles. The molecule has 92 valence electrons. The van der Waals surface area contributed by atoms with Gasteiger partial charge in [-0.3, -0.25) is 0 Å². The average Bonchev–Trinajstić information content (AvgIpc) is 2.38. The van der Waals surface area contributed by atoms with Crippen molar-refractivity contribution in [3.63, 3.8) is 0 Å². The van der Waals surface area contributed by atoms with Crippen LogP contribution in [-0.4, -0.2) is 25.3 Å². The van der Waals surface area contributed by atoms with Crippen LogP contribution in [0, 0.1) is 0 Å². The van der Waals surface area contributed by atoms with Crippen molar-refractivity contribution >= 4 is 5.97 Å². The fourth-order valence-corrected chi connectivity index (χ4v) is 1.55.